The maximum atomic E-state index is 13.1. The largest absolute Gasteiger partial charge is 0.469 e. The molecule has 3 N–H and O–H groups in total. The van der Waals surface area contributed by atoms with E-state index in [0.29, 0.717) is 18.3 Å². The molecule has 5 aliphatic carbocycles. The van der Waals surface area contributed by atoms with Crippen LogP contribution in [0.4, 0.5) is 0 Å². The lowest BCUT2D eigenvalue weighted by molar-refractivity contribution is -0.212. The van der Waals surface area contributed by atoms with Crippen LogP contribution in [-0.4, -0.2) is 52.5 Å². The van der Waals surface area contributed by atoms with Crippen molar-refractivity contribution < 1.29 is 29.6 Å². The van der Waals surface area contributed by atoms with Gasteiger partial charge in [-0.3, -0.25) is 4.79 Å². The summed E-state index contributed by atoms with van der Waals surface area (Å²) in [7, 11) is 1.40. The first-order valence-electron chi connectivity index (χ1n) is 14.5. The molecule has 6 heteroatoms. The lowest BCUT2D eigenvalue weighted by Crippen LogP contribution is -2.63. The van der Waals surface area contributed by atoms with Gasteiger partial charge in [0.15, 0.2) is 0 Å². The van der Waals surface area contributed by atoms with Crippen LogP contribution in [0.3, 0.4) is 0 Å². The monoisotopic (exact) mass is 516 g/mol. The van der Waals surface area contributed by atoms with E-state index in [4.69, 9.17) is 4.74 Å². The minimum atomic E-state index is -0.988. The van der Waals surface area contributed by atoms with E-state index in [0.717, 1.165) is 51.2 Å². The van der Waals surface area contributed by atoms with Crippen molar-refractivity contribution in [2.24, 2.45) is 50.7 Å². The Hall–Kier alpha value is -1.24. The van der Waals surface area contributed by atoms with Crippen molar-refractivity contribution in [3.63, 3.8) is 0 Å². The van der Waals surface area contributed by atoms with E-state index in [1.807, 2.05) is 13.0 Å². The van der Waals surface area contributed by atoms with Gasteiger partial charge >= 0.3 is 5.97 Å². The number of carbonyl (C=O) groups is 2. The Bertz CT molecular complexity index is 985. The number of hydrogen-bond donors (Lipinski definition) is 3. The first kappa shape index (κ1) is 27.3. The first-order valence-corrected chi connectivity index (χ1v) is 14.5. The van der Waals surface area contributed by atoms with E-state index < -0.39 is 23.2 Å². The van der Waals surface area contributed by atoms with Crippen molar-refractivity contribution in [2.45, 2.75) is 110 Å². The van der Waals surface area contributed by atoms with E-state index in [-0.39, 0.29) is 45.9 Å². The Balaban J connectivity index is 1.46. The summed E-state index contributed by atoms with van der Waals surface area (Å²) in [6, 6.07) is 0. The number of hydrogen-bond acceptors (Lipinski definition) is 6. The van der Waals surface area contributed by atoms with Gasteiger partial charge in [0.1, 0.15) is 6.29 Å². The summed E-state index contributed by atoms with van der Waals surface area (Å²) in [5.74, 6) is 0.234. The van der Waals surface area contributed by atoms with Gasteiger partial charge in [-0.1, -0.05) is 26.0 Å². The summed E-state index contributed by atoms with van der Waals surface area (Å²) in [6.45, 7) is 10.2. The van der Waals surface area contributed by atoms with Crippen LogP contribution >= 0.6 is 0 Å². The molecule has 0 aromatic heterocycles. The zero-order valence-electron chi connectivity index (χ0n) is 23.6. The van der Waals surface area contributed by atoms with Crippen LogP contribution in [0, 0.1) is 50.7 Å². The molecule has 0 amide bonds. The van der Waals surface area contributed by atoms with Crippen LogP contribution in [-0.2, 0) is 14.3 Å². The molecular formula is C31H48O6. The Labute approximate surface area is 222 Å². The Morgan fingerprint density at radius 3 is 2.32 bits per heavy atom. The number of allylic oxidation sites excluding steroid dienone is 1. The molecule has 2 spiro atoms. The summed E-state index contributed by atoms with van der Waals surface area (Å²) < 4.78 is 5.22. The standard InChI is InChI=1S/C31H48O6/c1-26(2,36)12-7-8-19(17-32)20-11-13-28(4)21-9-10-22-29(5,25(35)37-6)23(33)16-24(34)31(22)18-30(21,31)15-14-27(20,28)3/h7,12,17,19-24,33-34,36H,8-11,13-16,18H2,1-6H3/b12-7+/t19-,20+,21-,22-,23-,24-,27+,28-,29-,30-,31+/m0/s1. The predicted molar refractivity (Wildman–Crippen MR) is 140 cm³/mol. The number of aliphatic hydroxyl groups is 3. The van der Waals surface area contributed by atoms with Gasteiger partial charge in [-0.05, 0) is 106 Å². The van der Waals surface area contributed by atoms with E-state index in [1.54, 1.807) is 19.9 Å². The lowest BCUT2D eigenvalue weighted by Gasteiger charge is -2.63. The number of methoxy groups -OCH3 is 1. The van der Waals surface area contributed by atoms with Crippen molar-refractivity contribution in [3.8, 4) is 0 Å². The van der Waals surface area contributed by atoms with Gasteiger partial charge in [-0.15, -0.1) is 0 Å². The number of aldehydes is 1. The van der Waals surface area contributed by atoms with Crippen molar-refractivity contribution in [2.75, 3.05) is 7.11 Å². The van der Waals surface area contributed by atoms with Crippen LogP contribution in [0.15, 0.2) is 12.2 Å². The number of ether oxygens (including phenoxy) is 1. The highest BCUT2D eigenvalue weighted by atomic mass is 16.5. The van der Waals surface area contributed by atoms with Crippen LogP contribution < -0.4 is 0 Å². The van der Waals surface area contributed by atoms with Crippen LogP contribution in [0.25, 0.3) is 0 Å². The molecule has 0 aromatic carbocycles. The van der Waals surface area contributed by atoms with Gasteiger partial charge in [-0.2, -0.15) is 0 Å². The molecule has 11 atom stereocenters. The number of fused-ring (bicyclic) bond motifs is 2. The fraction of sp³-hybridized carbons (Fsp3) is 0.871. The molecule has 208 valence electrons. The summed E-state index contributed by atoms with van der Waals surface area (Å²) in [5.41, 5.74) is -2.13. The summed E-state index contributed by atoms with van der Waals surface area (Å²) in [6.07, 6.45) is 11.1. The molecule has 0 heterocycles. The molecule has 6 nitrogen and oxygen atoms in total. The lowest BCUT2D eigenvalue weighted by atomic mass is 9.41. The maximum Gasteiger partial charge on any atom is 0.314 e. The highest BCUT2D eigenvalue weighted by Gasteiger charge is 2.85. The summed E-state index contributed by atoms with van der Waals surface area (Å²) >= 11 is 0. The summed E-state index contributed by atoms with van der Waals surface area (Å²) in [5, 5.41) is 32.7. The zero-order chi connectivity index (χ0) is 27.2. The minimum Gasteiger partial charge on any atom is -0.469 e. The zero-order valence-corrected chi connectivity index (χ0v) is 23.6. The smallest absolute Gasteiger partial charge is 0.314 e. The Morgan fingerprint density at radius 1 is 1.03 bits per heavy atom. The fourth-order valence-electron chi connectivity index (χ4n) is 11.1. The quantitative estimate of drug-likeness (QED) is 0.274. The molecule has 0 radical (unpaired) electrons. The fourth-order valence-corrected chi connectivity index (χ4v) is 11.1. The molecule has 5 aliphatic rings. The second kappa shape index (κ2) is 8.38. The highest BCUT2D eigenvalue weighted by molar-refractivity contribution is 5.78. The minimum absolute atomic E-state index is 0.00854. The average molecular weight is 517 g/mol. The molecule has 0 unspecified atom stereocenters. The molecule has 0 saturated heterocycles. The number of esters is 1. The third-order valence-corrected chi connectivity index (χ3v) is 13.1. The Morgan fingerprint density at radius 2 is 1.70 bits per heavy atom. The SMILES string of the molecule is COC(=O)[C@]1(C)[C@@H](O)C[C@H](O)[C@]23C[C@]24CC[C@]2(C)[C@@H]([C@H](C=O)C/C=C/C(C)(C)O)CC[C@@]2(C)[C@@H]4CC[C@@H]13. The summed E-state index contributed by atoms with van der Waals surface area (Å²) in [4.78, 5) is 25.4. The van der Waals surface area contributed by atoms with Gasteiger partial charge in [0.2, 0.25) is 0 Å². The van der Waals surface area contributed by atoms with E-state index in [9.17, 15) is 24.9 Å². The highest BCUT2D eigenvalue weighted by Crippen LogP contribution is 2.89. The van der Waals surface area contributed by atoms with Crippen LogP contribution in [0.5, 0.6) is 0 Å². The third kappa shape index (κ3) is 3.34. The van der Waals surface area contributed by atoms with Crippen molar-refractivity contribution in [3.05, 3.63) is 12.2 Å². The Kier molecular flexibility index (Phi) is 6.19. The number of aliphatic hydroxyl groups excluding tert-OH is 2. The third-order valence-electron chi connectivity index (χ3n) is 13.1. The second-order valence-corrected chi connectivity index (χ2v) is 14.7. The molecule has 0 bridgehead atoms. The van der Waals surface area contributed by atoms with Crippen LogP contribution in [0.2, 0.25) is 0 Å². The molecule has 5 fully saturated rings. The van der Waals surface area contributed by atoms with Gasteiger partial charge < -0.3 is 24.9 Å². The van der Waals surface area contributed by atoms with E-state index in [1.165, 1.54) is 7.11 Å². The molecule has 37 heavy (non-hydrogen) atoms. The van der Waals surface area contributed by atoms with Crippen LogP contribution in [0.1, 0.15) is 92.4 Å². The normalized spacial score (nSPS) is 51.4. The second-order valence-electron chi connectivity index (χ2n) is 14.7. The molecule has 0 aliphatic heterocycles. The van der Waals surface area contributed by atoms with Gasteiger partial charge in [0.25, 0.3) is 0 Å². The van der Waals surface area contributed by atoms with Gasteiger partial charge in [-0.25, -0.2) is 0 Å². The van der Waals surface area contributed by atoms with Gasteiger partial charge in [0, 0.05) is 17.8 Å². The molecule has 5 saturated carbocycles. The van der Waals surface area contributed by atoms with Crippen molar-refractivity contribution in [1.29, 1.82) is 0 Å². The van der Waals surface area contributed by atoms with Gasteiger partial charge in [0.05, 0.1) is 30.3 Å². The number of carbonyl (C=O) groups excluding carboxylic acids is 2. The van der Waals surface area contributed by atoms with E-state index in [2.05, 4.69) is 13.8 Å². The van der Waals surface area contributed by atoms with Crippen molar-refractivity contribution >= 4 is 12.3 Å². The average Bonchev–Trinajstić information content (AvgIpc) is 3.45. The maximum absolute atomic E-state index is 13.1. The van der Waals surface area contributed by atoms with E-state index >= 15 is 0 Å². The topological polar surface area (TPSA) is 104 Å². The number of rotatable bonds is 6. The van der Waals surface area contributed by atoms with Crippen molar-refractivity contribution in [1.82, 2.24) is 0 Å². The molecule has 0 aromatic rings. The molecule has 5 rings (SSSR count). The predicted octanol–water partition coefficient (Wildman–Crippen LogP) is 4.44. The first-order chi connectivity index (χ1) is 17.2. The molecular weight excluding hydrogens is 468 g/mol.